The molecule has 0 saturated carbocycles. The number of amides is 2. The number of hydrogen-bond acceptors (Lipinski definition) is 3. The molecule has 26 heavy (non-hydrogen) atoms. The van der Waals surface area contributed by atoms with Crippen molar-refractivity contribution in [3.8, 4) is 0 Å². The van der Waals surface area contributed by atoms with Crippen LogP contribution in [0.15, 0.2) is 54.6 Å². The number of nitrogens with zero attached hydrogens (tertiary/aromatic N) is 3. The zero-order valence-corrected chi connectivity index (χ0v) is 16.0. The van der Waals surface area contributed by atoms with E-state index >= 15 is 0 Å². The second-order valence-corrected chi connectivity index (χ2v) is 6.41. The van der Waals surface area contributed by atoms with Crippen LogP contribution in [0.3, 0.4) is 0 Å². The predicted molar refractivity (Wildman–Crippen MR) is 106 cm³/mol. The van der Waals surface area contributed by atoms with Crippen molar-refractivity contribution in [3.63, 3.8) is 0 Å². The van der Waals surface area contributed by atoms with E-state index in [-0.39, 0.29) is 18.4 Å². The highest BCUT2D eigenvalue weighted by Gasteiger charge is 2.20. The Kier molecular flexibility index (Phi) is 6.78. The first-order valence-electron chi connectivity index (χ1n) is 8.79. The lowest BCUT2D eigenvalue weighted by atomic mass is 10.2. The predicted octanol–water partition coefficient (Wildman–Crippen LogP) is 3.15. The molecule has 0 fully saturated rings. The SMILES string of the molecule is CCN(Cc1ccccc1)C(=O)CN(C(C)=O)c1ccc(N(C)C)cc1. The summed E-state index contributed by atoms with van der Waals surface area (Å²) in [6, 6.07) is 17.5. The van der Waals surface area contributed by atoms with Crippen molar-refractivity contribution >= 4 is 23.2 Å². The number of benzene rings is 2. The summed E-state index contributed by atoms with van der Waals surface area (Å²) in [6.07, 6.45) is 0. The number of rotatable bonds is 7. The van der Waals surface area contributed by atoms with Crippen LogP contribution in [0.1, 0.15) is 19.4 Å². The molecule has 5 nitrogen and oxygen atoms in total. The number of carbonyl (C=O) groups is 2. The summed E-state index contributed by atoms with van der Waals surface area (Å²) < 4.78 is 0. The monoisotopic (exact) mass is 353 g/mol. The quantitative estimate of drug-likeness (QED) is 0.768. The first kappa shape index (κ1) is 19.5. The van der Waals surface area contributed by atoms with E-state index < -0.39 is 0 Å². The Morgan fingerprint density at radius 2 is 1.46 bits per heavy atom. The summed E-state index contributed by atoms with van der Waals surface area (Å²) in [5, 5.41) is 0. The van der Waals surface area contributed by atoms with Crippen molar-refractivity contribution in [3.05, 3.63) is 60.2 Å². The molecule has 138 valence electrons. The molecule has 0 heterocycles. The molecule has 2 amide bonds. The fourth-order valence-corrected chi connectivity index (χ4v) is 2.73. The Labute approximate surface area is 155 Å². The topological polar surface area (TPSA) is 43.9 Å². The van der Waals surface area contributed by atoms with Crippen molar-refractivity contribution < 1.29 is 9.59 Å². The number of carbonyl (C=O) groups excluding carboxylic acids is 2. The highest BCUT2D eigenvalue weighted by Crippen LogP contribution is 2.20. The van der Waals surface area contributed by atoms with Crippen LogP contribution in [-0.2, 0) is 16.1 Å². The highest BCUT2D eigenvalue weighted by molar-refractivity contribution is 5.97. The van der Waals surface area contributed by atoms with Crippen LogP contribution < -0.4 is 9.80 Å². The molecule has 5 heteroatoms. The van der Waals surface area contributed by atoms with Gasteiger partial charge in [0.25, 0.3) is 0 Å². The van der Waals surface area contributed by atoms with Crippen LogP contribution in [-0.4, -0.2) is 43.9 Å². The molecule has 0 radical (unpaired) electrons. The maximum Gasteiger partial charge on any atom is 0.242 e. The molecule has 0 bridgehead atoms. The lowest BCUT2D eigenvalue weighted by Gasteiger charge is -2.26. The molecule has 0 aliphatic carbocycles. The van der Waals surface area contributed by atoms with Crippen molar-refractivity contribution in [2.45, 2.75) is 20.4 Å². The molecule has 0 aromatic heterocycles. The normalized spacial score (nSPS) is 10.3. The van der Waals surface area contributed by atoms with Crippen molar-refractivity contribution in [2.24, 2.45) is 0 Å². The molecule has 0 aliphatic rings. The first-order chi connectivity index (χ1) is 12.4. The van der Waals surface area contributed by atoms with E-state index in [1.165, 1.54) is 11.8 Å². The van der Waals surface area contributed by atoms with Gasteiger partial charge in [-0.2, -0.15) is 0 Å². The maximum atomic E-state index is 12.8. The Bertz CT molecular complexity index is 727. The van der Waals surface area contributed by atoms with Gasteiger partial charge in [-0.1, -0.05) is 30.3 Å². The summed E-state index contributed by atoms with van der Waals surface area (Å²) in [5.74, 6) is -0.213. The van der Waals surface area contributed by atoms with Crippen molar-refractivity contribution in [1.82, 2.24) is 4.90 Å². The van der Waals surface area contributed by atoms with Gasteiger partial charge in [0.1, 0.15) is 6.54 Å². The van der Waals surface area contributed by atoms with Crippen LogP contribution in [0.2, 0.25) is 0 Å². The Hall–Kier alpha value is -2.82. The average Bonchev–Trinajstić information content (AvgIpc) is 2.64. The van der Waals surface area contributed by atoms with Crippen molar-refractivity contribution in [1.29, 1.82) is 0 Å². The fourth-order valence-electron chi connectivity index (χ4n) is 2.73. The molecule has 2 aromatic rings. The second kappa shape index (κ2) is 9.04. The molecule has 0 N–H and O–H groups in total. The van der Waals surface area contributed by atoms with Gasteiger partial charge in [0.05, 0.1) is 0 Å². The summed E-state index contributed by atoms with van der Waals surface area (Å²) in [7, 11) is 3.92. The van der Waals surface area contributed by atoms with Crippen molar-refractivity contribution in [2.75, 3.05) is 37.0 Å². The van der Waals surface area contributed by atoms with Gasteiger partial charge in [0.2, 0.25) is 11.8 Å². The highest BCUT2D eigenvalue weighted by atomic mass is 16.2. The third-order valence-corrected chi connectivity index (χ3v) is 4.30. The maximum absolute atomic E-state index is 12.8. The number of likely N-dealkylation sites (N-methyl/N-ethyl adjacent to an activating group) is 1. The molecule has 0 spiro atoms. The minimum atomic E-state index is -0.147. The minimum absolute atomic E-state index is 0.0390. The lowest BCUT2D eigenvalue weighted by Crippen LogP contribution is -2.42. The van der Waals surface area contributed by atoms with E-state index in [4.69, 9.17) is 0 Å². The van der Waals surface area contributed by atoms with Gasteiger partial charge in [-0.05, 0) is 36.8 Å². The zero-order valence-electron chi connectivity index (χ0n) is 16.0. The van der Waals surface area contributed by atoms with E-state index in [1.807, 2.05) is 80.5 Å². The Morgan fingerprint density at radius 3 is 1.96 bits per heavy atom. The molecular formula is C21H27N3O2. The minimum Gasteiger partial charge on any atom is -0.378 e. The summed E-state index contributed by atoms with van der Waals surface area (Å²) in [4.78, 5) is 30.2. The molecular weight excluding hydrogens is 326 g/mol. The van der Waals surface area contributed by atoms with Crippen LogP contribution in [0, 0.1) is 0 Å². The smallest absolute Gasteiger partial charge is 0.242 e. The lowest BCUT2D eigenvalue weighted by molar-refractivity contribution is -0.131. The van der Waals surface area contributed by atoms with Gasteiger partial charge in [0, 0.05) is 45.5 Å². The van der Waals surface area contributed by atoms with Gasteiger partial charge in [0.15, 0.2) is 0 Å². The first-order valence-corrected chi connectivity index (χ1v) is 8.79. The Morgan fingerprint density at radius 1 is 0.885 bits per heavy atom. The van der Waals surface area contributed by atoms with E-state index in [1.54, 1.807) is 4.90 Å². The molecule has 2 aromatic carbocycles. The molecule has 0 unspecified atom stereocenters. The average molecular weight is 353 g/mol. The summed E-state index contributed by atoms with van der Waals surface area (Å²) in [5.41, 5.74) is 2.85. The number of anilines is 2. The van der Waals surface area contributed by atoms with Crippen LogP contribution in [0.4, 0.5) is 11.4 Å². The van der Waals surface area contributed by atoms with E-state index in [0.29, 0.717) is 13.1 Å². The summed E-state index contributed by atoms with van der Waals surface area (Å²) in [6.45, 7) is 4.61. The van der Waals surface area contributed by atoms with Gasteiger partial charge in [-0.25, -0.2) is 0 Å². The van der Waals surface area contributed by atoms with Gasteiger partial charge in [-0.3, -0.25) is 9.59 Å². The van der Waals surface area contributed by atoms with Gasteiger partial charge >= 0.3 is 0 Å². The zero-order chi connectivity index (χ0) is 19.1. The van der Waals surface area contributed by atoms with Gasteiger partial charge < -0.3 is 14.7 Å². The molecule has 0 atom stereocenters. The van der Waals surface area contributed by atoms with E-state index in [0.717, 1.165) is 16.9 Å². The molecule has 0 aliphatic heterocycles. The number of hydrogen-bond donors (Lipinski definition) is 0. The van der Waals surface area contributed by atoms with E-state index in [9.17, 15) is 9.59 Å². The Balaban J connectivity index is 2.12. The fraction of sp³-hybridized carbons (Fsp3) is 0.333. The third kappa shape index (κ3) is 5.09. The molecule has 2 rings (SSSR count). The van der Waals surface area contributed by atoms with Crippen LogP contribution in [0.5, 0.6) is 0 Å². The summed E-state index contributed by atoms with van der Waals surface area (Å²) >= 11 is 0. The van der Waals surface area contributed by atoms with E-state index in [2.05, 4.69) is 0 Å². The largest absolute Gasteiger partial charge is 0.378 e. The second-order valence-electron chi connectivity index (χ2n) is 6.41. The standard InChI is InChI=1S/C21H27N3O2/c1-5-23(15-18-9-7-6-8-10-18)21(26)16-24(17(2)25)20-13-11-19(12-14-20)22(3)4/h6-14H,5,15-16H2,1-4H3. The van der Waals surface area contributed by atoms with Crippen LogP contribution >= 0.6 is 0 Å². The molecule has 0 saturated heterocycles. The third-order valence-electron chi connectivity index (χ3n) is 4.30. The van der Waals surface area contributed by atoms with Gasteiger partial charge in [-0.15, -0.1) is 0 Å². The van der Waals surface area contributed by atoms with Crippen LogP contribution in [0.25, 0.3) is 0 Å².